The van der Waals surface area contributed by atoms with Crippen molar-refractivity contribution in [1.29, 1.82) is 0 Å². The van der Waals surface area contributed by atoms with Crippen molar-refractivity contribution in [3.8, 4) is 0 Å². The molecule has 1 aliphatic rings. The Balaban J connectivity index is 2.63. The normalized spacial score (nSPS) is 16.7. The fourth-order valence-corrected chi connectivity index (χ4v) is 3.16. The van der Waals surface area contributed by atoms with Crippen LogP contribution in [0.15, 0.2) is 35.9 Å². The summed E-state index contributed by atoms with van der Waals surface area (Å²) >= 11 is 0. The molecule has 0 unspecified atom stereocenters. The highest BCUT2D eigenvalue weighted by molar-refractivity contribution is 6.12. The van der Waals surface area contributed by atoms with Crippen LogP contribution in [0.5, 0.6) is 0 Å². The van der Waals surface area contributed by atoms with Gasteiger partial charge >= 0.3 is 11.9 Å². The summed E-state index contributed by atoms with van der Waals surface area (Å²) in [5, 5.41) is 11.3. The number of carbonyl (C=O) groups is 3. The van der Waals surface area contributed by atoms with Crippen molar-refractivity contribution in [2.75, 3.05) is 19.8 Å². The topological polar surface area (TPSA) is 116 Å². The van der Waals surface area contributed by atoms with E-state index in [-0.39, 0.29) is 31.7 Å². The van der Waals surface area contributed by atoms with Gasteiger partial charge in [0.2, 0.25) is 5.54 Å². The molecule has 0 aromatic heterocycles. The molecule has 150 valence electrons. The van der Waals surface area contributed by atoms with Crippen LogP contribution in [-0.2, 0) is 19.1 Å². The third kappa shape index (κ3) is 3.60. The molecule has 2 rings (SSSR count). The quantitative estimate of drug-likeness (QED) is 0.240. The van der Waals surface area contributed by atoms with Gasteiger partial charge in [-0.25, -0.2) is 9.59 Å². The monoisotopic (exact) mass is 390 g/mol. The number of hydrogen-bond donors (Lipinski definition) is 0. The van der Waals surface area contributed by atoms with Gasteiger partial charge in [0.25, 0.3) is 11.6 Å². The molecule has 1 fully saturated rings. The molecule has 0 radical (unpaired) electrons. The van der Waals surface area contributed by atoms with Crippen LogP contribution in [0.4, 0.5) is 5.69 Å². The number of esters is 2. The van der Waals surface area contributed by atoms with Gasteiger partial charge in [-0.2, -0.15) is 0 Å². The van der Waals surface area contributed by atoms with E-state index in [1.165, 1.54) is 24.3 Å². The van der Waals surface area contributed by atoms with Crippen molar-refractivity contribution in [2.45, 2.75) is 32.7 Å². The van der Waals surface area contributed by atoms with E-state index < -0.39 is 34.0 Å². The van der Waals surface area contributed by atoms with Crippen LogP contribution in [0.2, 0.25) is 0 Å². The van der Waals surface area contributed by atoms with Gasteiger partial charge in [-0.05, 0) is 26.8 Å². The summed E-state index contributed by atoms with van der Waals surface area (Å²) in [5.41, 5.74) is -2.01. The van der Waals surface area contributed by atoms with Gasteiger partial charge in [0, 0.05) is 19.0 Å². The van der Waals surface area contributed by atoms with Crippen molar-refractivity contribution in [2.24, 2.45) is 0 Å². The van der Waals surface area contributed by atoms with Crippen LogP contribution in [0.25, 0.3) is 0 Å². The molecule has 9 heteroatoms. The number of ether oxygens (including phenoxy) is 2. The Hall–Kier alpha value is -3.23. The summed E-state index contributed by atoms with van der Waals surface area (Å²) in [6.07, 6.45) is 1.60. The van der Waals surface area contributed by atoms with Gasteiger partial charge in [0.15, 0.2) is 0 Å². The molecule has 1 heterocycles. The van der Waals surface area contributed by atoms with E-state index >= 15 is 0 Å². The van der Waals surface area contributed by atoms with Crippen LogP contribution < -0.4 is 0 Å². The molecule has 28 heavy (non-hydrogen) atoms. The van der Waals surface area contributed by atoms with E-state index in [0.717, 1.165) is 4.90 Å². The number of para-hydroxylation sites is 1. The fraction of sp³-hybridized carbons (Fsp3) is 0.421. The Bertz CT molecular complexity index is 813. The maximum Gasteiger partial charge on any atom is 0.344 e. The number of carbonyl (C=O) groups excluding carboxylic acids is 3. The van der Waals surface area contributed by atoms with Crippen LogP contribution in [0, 0.1) is 10.1 Å². The van der Waals surface area contributed by atoms with Crippen LogP contribution in [-0.4, -0.2) is 53.0 Å². The Morgan fingerprint density at radius 3 is 2.25 bits per heavy atom. The first-order valence-corrected chi connectivity index (χ1v) is 8.87. The van der Waals surface area contributed by atoms with Crippen molar-refractivity contribution >= 4 is 23.5 Å². The average Bonchev–Trinajstić information content (AvgIpc) is 3.09. The SMILES string of the molecule is C/C=C1/CN(C(=O)c2ccccc2[N+](=O)[O-])C(C(=O)OCC)(C(=O)OCC)C1. The number of nitro benzene ring substituents is 1. The number of benzene rings is 1. The lowest BCUT2D eigenvalue weighted by Gasteiger charge is -2.33. The highest BCUT2D eigenvalue weighted by Crippen LogP contribution is 2.38. The van der Waals surface area contributed by atoms with Crippen LogP contribution in [0.3, 0.4) is 0 Å². The zero-order chi connectivity index (χ0) is 20.9. The standard InChI is InChI=1S/C19H22N2O7/c1-4-13-11-19(17(23)27-5-2,18(24)28-6-3)20(12-13)16(22)14-9-7-8-10-15(14)21(25)26/h4,7-10H,5-6,11-12H2,1-3H3/b13-4+. The minimum Gasteiger partial charge on any atom is -0.464 e. The number of likely N-dealkylation sites (tertiary alicyclic amines) is 1. The summed E-state index contributed by atoms with van der Waals surface area (Å²) in [4.78, 5) is 50.6. The Kier molecular flexibility index (Phi) is 6.50. The fourth-order valence-electron chi connectivity index (χ4n) is 3.16. The van der Waals surface area contributed by atoms with Crippen molar-refractivity contribution in [1.82, 2.24) is 4.90 Å². The average molecular weight is 390 g/mol. The largest absolute Gasteiger partial charge is 0.464 e. The second-order valence-corrected chi connectivity index (χ2v) is 6.09. The number of nitrogens with zero attached hydrogens (tertiary/aromatic N) is 2. The maximum absolute atomic E-state index is 13.2. The molecule has 0 atom stereocenters. The van der Waals surface area contributed by atoms with E-state index in [9.17, 15) is 24.5 Å². The summed E-state index contributed by atoms with van der Waals surface area (Å²) in [5.74, 6) is -2.65. The molecule has 1 aromatic rings. The Morgan fingerprint density at radius 2 is 1.75 bits per heavy atom. The van der Waals surface area contributed by atoms with E-state index in [1.807, 2.05) is 0 Å². The predicted octanol–water partition coefficient (Wildman–Crippen LogP) is 2.25. The second kappa shape index (κ2) is 8.64. The zero-order valence-corrected chi connectivity index (χ0v) is 16.0. The number of nitro groups is 1. The molecule has 9 nitrogen and oxygen atoms in total. The molecule has 0 spiro atoms. The second-order valence-electron chi connectivity index (χ2n) is 6.09. The van der Waals surface area contributed by atoms with Crippen molar-refractivity contribution < 1.29 is 28.8 Å². The number of rotatable bonds is 6. The summed E-state index contributed by atoms with van der Waals surface area (Å²) in [7, 11) is 0. The molecule has 1 saturated heterocycles. The zero-order valence-electron chi connectivity index (χ0n) is 16.0. The maximum atomic E-state index is 13.2. The third-order valence-corrected chi connectivity index (χ3v) is 4.52. The van der Waals surface area contributed by atoms with Gasteiger partial charge in [0.1, 0.15) is 5.56 Å². The van der Waals surface area contributed by atoms with E-state index in [4.69, 9.17) is 9.47 Å². The van der Waals surface area contributed by atoms with Crippen molar-refractivity contribution in [3.63, 3.8) is 0 Å². The first kappa shape index (κ1) is 21.1. The smallest absolute Gasteiger partial charge is 0.344 e. The summed E-state index contributed by atoms with van der Waals surface area (Å²) in [6, 6.07) is 5.38. The molecule has 0 aliphatic carbocycles. The Labute approximate surface area is 162 Å². The lowest BCUT2D eigenvalue weighted by atomic mass is 9.93. The molecule has 0 bridgehead atoms. The molecule has 1 amide bonds. The van der Waals surface area contributed by atoms with Gasteiger partial charge in [0.05, 0.1) is 18.1 Å². The molecular formula is C19H22N2O7. The number of amides is 1. The van der Waals surface area contributed by atoms with Gasteiger partial charge < -0.3 is 14.4 Å². The molecule has 1 aromatic carbocycles. The van der Waals surface area contributed by atoms with Crippen molar-refractivity contribution in [3.05, 3.63) is 51.6 Å². The van der Waals surface area contributed by atoms with E-state index in [2.05, 4.69) is 0 Å². The van der Waals surface area contributed by atoms with Crippen LogP contribution >= 0.6 is 0 Å². The Morgan fingerprint density at radius 1 is 1.18 bits per heavy atom. The summed E-state index contributed by atoms with van der Waals surface area (Å²) in [6.45, 7) is 4.83. The van der Waals surface area contributed by atoms with E-state index in [0.29, 0.717) is 5.57 Å². The van der Waals surface area contributed by atoms with Gasteiger partial charge in [-0.15, -0.1) is 0 Å². The minimum absolute atomic E-state index is 0.00131. The van der Waals surface area contributed by atoms with E-state index in [1.54, 1.807) is 26.8 Å². The molecular weight excluding hydrogens is 368 g/mol. The first-order valence-electron chi connectivity index (χ1n) is 8.87. The highest BCUT2D eigenvalue weighted by Gasteiger charge is 2.60. The molecule has 1 aliphatic heterocycles. The summed E-state index contributed by atoms with van der Waals surface area (Å²) < 4.78 is 10.2. The highest BCUT2D eigenvalue weighted by atomic mass is 16.6. The number of hydrogen-bond acceptors (Lipinski definition) is 7. The number of allylic oxidation sites excluding steroid dienone is 1. The molecule has 0 N–H and O–H groups in total. The first-order chi connectivity index (χ1) is 13.3. The lowest BCUT2D eigenvalue weighted by Crippen LogP contribution is -2.60. The predicted molar refractivity (Wildman–Crippen MR) is 98.5 cm³/mol. The third-order valence-electron chi connectivity index (χ3n) is 4.52. The van der Waals surface area contributed by atoms with Gasteiger partial charge in [-0.1, -0.05) is 23.8 Å². The minimum atomic E-state index is -2.02. The van der Waals surface area contributed by atoms with Gasteiger partial charge in [-0.3, -0.25) is 14.9 Å². The lowest BCUT2D eigenvalue weighted by molar-refractivity contribution is -0.385. The molecule has 0 saturated carbocycles. The van der Waals surface area contributed by atoms with Crippen LogP contribution in [0.1, 0.15) is 37.6 Å².